The lowest BCUT2D eigenvalue weighted by Gasteiger charge is -2.47. The highest BCUT2D eigenvalue weighted by Crippen LogP contribution is 2.41. The third-order valence-corrected chi connectivity index (χ3v) is 4.45. The molecule has 1 saturated heterocycles. The first-order chi connectivity index (χ1) is 9.19. The van der Waals surface area contributed by atoms with Crippen LogP contribution in [-0.2, 0) is 10.2 Å². The first kappa shape index (κ1) is 12.6. The zero-order chi connectivity index (χ0) is 13.5. The highest BCUT2D eigenvalue weighted by molar-refractivity contribution is 5.76. The summed E-state index contributed by atoms with van der Waals surface area (Å²) >= 11 is 0. The topological polar surface area (TPSA) is 63.9 Å². The summed E-state index contributed by atoms with van der Waals surface area (Å²) in [6, 6.07) is 6.50. The Morgan fingerprint density at radius 1 is 1.47 bits per heavy atom. The molecule has 1 aliphatic heterocycles. The van der Waals surface area contributed by atoms with E-state index in [-0.39, 0.29) is 5.41 Å². The number of hydrogen-bond donors (Lipinski definition) is 2. The molecule has 1 aromatic carbocycles. The maximum absolute atomic E-state index is 5.96. The summed E-state index contributed by atoms with van der Waals surface area (Å²) in [6.45, 7) is 6.45. The van der Waals surface area contributed by atoms with E-state index in [1.165, 1.54) is 5.56 Å². The molecule has 1 unspecified atom stereocenters. The second kappa shape index (κ2) is 4.62. The molecule has 1 fully saturated rings. The Morgan fingerprint density at radius 3 is 2.84 bits per heavy atom. The molecule has 1 aliphatic rings. The van der Waals surface area contributed by atoms with Crippen molar-refractivity contribution in [3.05, 3.63) is 29.6 Å². The second-order valence-corrected chi connectivity index (χ2v) is 5.54. The van der Waals surface area contributed by atoms with E-state index in [1.807, 2.05) is 6.92 Å². The fourth-order valence-corrected chi connectivity index (χ4v) is 3.19. The van der Waals surface area contributed by atoms with Gasteiger partial charge in [-0.3, -0.25) is 0 Å². The van der Waals surface area contributed by atoms with Crippen molar-refractivity contribution in [2.75, 3.05) is 19.8 Å². The van der Waals surface area contributed by atoms with E-state index >= 15 is 0 Å². The van der Waals surface area contributed by atoms with Crippen LogP contribution in [0.15, 0.2) is 18.2 Å². The van der Waals surface area contributed by atoms with Crippen molar-refractivity contribution in [3.63, 3.8) is 0 Å². The number of benzene rings is 1. The van der Waals surface area contributed by atoms with E-state index in [0.29, 0.717) is 12.5 Å². The third kappa shape index (κ3) is 1.86. The molecule has 4 nitrogen and oxygen atoms in total. The first-order valence-corrected chi connectivity index (χ1v) is 6.94. The van der Waals surface area contributed by atoms with E-state index in [0.717, 1.165) is 36.5 Å². The van der Waals surface area contributed by atoms with Crippen LogP contribution in [0.3, 0.4) is 0 Å². The molecule has 3 N–H and O–H groups in total. The van der Waals surface area contributed by atoms with Gasteiger partial charge in [0.25, 0.3) is 0 Å². The highest BCUT2D eigenvalue weighted by Gasteiger charge is 2.45. The van der Waals surface area contributed by atoms with Crippen molar-refractivity contribution in [1.82, 2.24) is 9.97 Å². The molecule has 4 heteroatoms. The van der Waals surface area contributed by atoms with Crippen LogP contribution in [0, 0.1) is 12.8 Å². The number of nitrogens with one attached hydrogen (secondary N) is 1. The maximum atomic E-state index is 5.96. The van der Waals surface area contributed by atoms with Crippen molar-refractivity contribution in [2.45, 2.75) is 25.7 Å². The number of hydrogen-bond acceptors (Lipinski definition) is 3. The maximum Gasteiger partial charge on any atom is 0.104 e. The number of imidazole rings is 1. The van der Waals surface area contributed by atoms with Gasteiger partial charge in [-0.05, 0) is 37.1 Å². The molecule has 0 amide bonds. The second-order valence-electron chi connectivity index (χ2n) is 5.54. The zero-order valence-electron chi connectivity index (χ0n) is 11.6. The summed E-state index contributed by atoms with van der Waals surface area (Å²) in [4.78, 5) is 7.76. The number of nitrogens with zero attached hydrogens (tertiary/aromatic N) is 1. The van der Waals surface area contributed by atoms with Crippen LogP contribution in [0.1, 0.15) is 24.7 Å². The summed E-state index contributed by atoms with van der Waals surface area (Å²) in [6.07, 6.45) is 1.08. The number of ether oxygens (including phenoxy) is 1. The number of nitrogens with two attached hydrogens (primary N) is 1. The van der Waals surface area contributed by atoms with Gasteiger partial charge in [0.05, 0.1) is 24.2 Å². The molecular formula is C15H21N3O. The van der Waals surface area contributed by atoms with E-state index in [4.69, 9.17) is 10.5 Å². The summed E-state index contributed by atoms with van der Waals surface area (Å²) < 4.78 is 5.51. The minimum atomic E-state index is 0.0940. The fourth-order valence-electron chi connectivity index (χ4n) is 3.19. The fraction of sp³-hybridized carbons (Fsp3) is 0.533. The monoisotopic (exact) mass is 259 g/mol. The van der Waals surface area contributed by atoms with Gasteiger partial charge in [-0.25, -0.2) is 4.98 Å². The summed E-state index contributed by atoms with van der Waals surface area (Å²) in [7, 11) is 0. The van der Waals surface area contributed by atoms with E-state index < -0.39 is 0 Å². The van der Waals surface area contributed by atoms with E-state index in [9.17, 15) is 0 Å². The number of fused-ring (bicyclic) bond motifs is 1. The lowest BCUT2D eigenvalue weighted by Crippen LogP contribution is -2.54. The van der Waals surface area contributed by atoms with Crippen LogP contribution in [0.4, 0.5) is 0 Å². The first-order valence-electron chi connectivity index (χ1n) is 6.94. The molecule has 2 heterocycles. The molecule has 2 aromatic rings. The van der Waals surface area contributed by atoms with Gasteiger partial charge in [0.15, 0.2) is 0 Å². The SMILES string of the molecule is CCC(CN)C1(c2ccc3nc(C)[nH]c3c2)COC1. The molecular weight excluding hydrogens is 238 g/mol. The van der Waals surface area contributed by atoms with Crippen molar-refractivity contribution < 1.29 is 4.74 Å². The molecule has 0 spiro atoms. The number of aryl methyl sites for hydroxylation is 1. The Balaban J connectivity index is 2.05. The Labute approximate surface area is 113 Å². The number of rotatable bonds is 4. The van der Waals surface area contributed by atoms with Gasteiger partial charge in [-0.15, -0.1) is 0 Å². The highest BCUT2D eigenvalue weighted by atomic mass is 16.5. The number of H-pyrrole nitrogens is 1. The minimum Gasteiger partial charge on any atom is -0.379 e. The van der Waals surface area contributed by atoms with E-state index in [2.05, 4.69) is 35.1 Å². The third-order valence-electron chi connectivity index (χ3n) is 4.45. The Morgan fingerprint density at radius 2 is 2.26 bits per heavy atom. The van der Waals surface area contributed by atoms with E-state index in [1.54, 1.807) is 0 Å². The summed E-state index contributed by atoms with van der Waals surface area (Å²) in [5.41, 5.74) is 9.51. The minimum absolute atomic E-state index is 0.0940. The van der Waals surface area contributed by atoms with Gasteiger partial charge in [0.2, 0.25) is 0 Å². The van der Waals surface area contributed by atoms with Gasteiger partial charge in [-0.2, -0.15) is 0 Å². The molecule has 3 rings (SSSR count). The van der Waals surface area contributed by atoms with Crippen molar-refractivity contribution in [1.29, 1.82) is 0 Å². The summed E-state index contributed by atoms with van der Waals surface area (Å²) in [5.74, 6) is 1.43. The lowest BCUT2D eigenvalue weighted by molar-refractivity contribution is -0.0897. The van der Waals surface area contributed by atoms with Gasteiger partial charge < -0.3 is 15.5 Å². The molecule has 1 atom stereocenters. The van der Waals surface area contributed by atoms with Crippen LogP contribution in [0.2, 0.25) is 0 Å². The van der Waals surface area contributed by atoms with Gasteiger partial charge in [0.1, 0.15) is 5.82 Å². The van der Waals surface area contributed by atoms with Crippen molar-refractivity contribution in [3.8, 4) is 0 Å². The Bertz CT molecular complexity index is 582. The summed E-state index contributed by atoms with van der Waals surface area (Å²) in [5, 5.41) is 0. The predicted molar refractivity (Wildman–Crippen MR) is 76.2 cm³/mol. The molecule has 0 saturated carbocycles. The molecule has 0 aliphatic carbocycles. The lowest BCUT2D eigenvalue weighted by atomic mass is 9.67. The quantitative estimate of drug-likeness (QED) is 0.884. The van der Waals surface area contributed by atoms with Crippen LogP contribution in [-0.4, -0.2) is 29.7 Å². The zero-order valence-corrected chi connectivity index (χ0v) is 11.6. The van der Waals surface area contributed by atoms with Gasteiger partial charge in [-0.1, -0.05) is 19.4 Å². The number of aromatic nitrogens is 2. The van der Waals surface area contributed by atoms with Gasteiger partial charge >= 0.3 is 0 Å². The predicted octanol–water partition coefficient (Wildman–Crippen LogP) is 2.12. The van der Waals surface area contributed by atoms with Crippen LogP contribution >= 0.6 is 0 Å². The normalized spacial score (nSPS) is 19.3. The van der Waals surface area contributed by atoms with Gasteiger partial charge in [0, 0.05) is 5.41 Å². The average molecular weight is 259 g/mol. The average Bonchev–Trinajstić information content (AvgIpc) is 2.72. The standard InChI is InChI=1S/C15H21N3O/c1-3-11(7-16)15(8-19-9-15)12-4-5-13-14(6-12)18-10(2)17-13/h4-6,11H,3,7-9,16H2,1-2H3,(H,17,18). The van der Waals surface area contributed by atoms with Crippen LogP contribution in [0.5, 0.6) is 0 Å². The smallest absolute Gasteiger partial charge is 0.104 e. The molecule has 0 radical (unpaired) electrons. The molecule has 0 bridgehead atoms. The molecule has 19 heavy (non-hydrogen) atoms. The molecule has 102 valence electrons. The Kier molecular flexibility index (Phi) is 3.07. The molecule has 1 aromatic heterocycles. The van der Waals surface area contributed by atoms with Crippen molar-refractivity contribution >= 4 is 11.0 Å². The van der Waals surface area contributed by atoms with Crippen molar-refractivity contribution in [2.24, 2.45) is 11.7 Å². The van der Waals surface area contributed by atoms with Crippen LogP contribution in [0.25, 0.3) is 11.0 Å². The number of aromatic amines is 1. The largest absolute Gasteiger partial charge is 0.379 e. The Hall–Kier alpha value is -1.39. The van der Waals surface area contributed by atoms with Crippen LogP contribution < -0.4 is 5.73 Å².